The molecule has 0 aromatic heterocycles. The molecule has 0 aliphatic rings. The van der Waals surface area contributed by atoms with Gasteiger partial charge < -0.3 is 11.2 Å². The molecular weight excluding hydrogens is 201 g/mol. The zero-order valence-electron chi connectivity index (χ0n) is 7.36. The van der Waals surface area contributed by atoms with E-state index in [4.69, 9.17) is 21.4 Å². The molecule has 0 saturated carbocycles. The topological polar surface area (TPSA) is 66.8 Å². The van der Waals surface area contributed by atoms with Gasteiger partial charge in [0.15, 0.2) is 0 Å². The first-order valence-electron chi connectivity index (χ1n) is 2.82. The van der Waals surface area contributed by atoms with E-state index < -0.39 is 7.82 Å². The molecule has 64 valence electrons. The van der Waals surface area contributed by atoms with Gasteiger partial charge in [0, 0.05) is 5.88 Å². The molecule has 7 heteroatoms. The number of hydrogen-bond acceptors (Lipinski definition) is 2. The maximum Gasteiger partial charge on any atom is 1.00 e. The minimum atomic E-state index is -4.25. The van der Waals surface area contributed by atoms with Crippen LogP contribution in [0.4, 0.5) is 0 Å². The largest absolute Gasteiger partial charge is 1.00 e. The van der Waals surface area contributed by atoms with Crippen molar-refractivity contribution in [3.63, 3.8) is 0 Å². The molecule has 4 nitrogen and oxygen atoms in total. The number of phosphoric ester groups is 1. The van der Waals surface area contributed by atoms with Crippen LogP contribution >= 0.6 is 19.4 Å². The van der Waals surface area contributed by atoms with Crippen LogP contribution in [-0.4, -0.2) is 22.3 Å². The summed E-state index contributed by atoms with van der Waals surface area (Å²) >= 11 is 5.30. The van der Waals surface area contributed by atoms with Crippen molar-refractivity contribution >= 4 is 19.4 Å². The van der Waals surface area contributed by atoms with E-state index in [2.05, 4.69) is 4.52 Å². The van der Waals surface area contributed by atoms with Gasteiger partial charge in [0.2, 0.25) is 0 Å². The van der Waals surface area contributed by atoms with Gasteiger partial charge >= 0.3 is 37.4 Å². The van der Waals surface area contributed by atoms with Crippen molar-refractivity contribution in [3.05, 3.63) is 0 Å². The second kappa shape index (κ2) is 8.02. The van der Waals surface area contributed by atoms with Crippen molar-refractivity contribution in [2.24, 2.45) is 0 Å². The zero-order valence-corrected chi connectivity index (χ0v) is 10.0. The third kappa shape index (κ3) is 14.3. The Bertz CT molecular complexity index is 132. The average Bonchev–Trinajstić information content (AvgIpc) is 1.78. The minimum Gasteiger partial charge on any atom is -1.00 e. The van der Waals surface area contributed by atoms with Crippen LogP contribution in [0.5, 0.6) is 0 Å². The third-order valence-corrected chi connectivity index (χ3v) is 1.57. The monoisotopic (exact) mass is 212 g/mol. The quantitative estimate of drug-likeness (QED) is 0.245. The Kier molecular flexibility index (Phi) is 10.9. The van der Waals surface area contributed by atoms with Crippen LogP contribution < -0.4 is 29.6 Å². The van der Waals surface area contributed by atoms with Crippen molar-refractivity contribution in [1.82, 2.24) is 0 Å². The molecule has 0 rings (SSSR count). The van der Waals surface area contributed by atoms with E-state index in [1.807, 2.05) is 0 Å². The summed E-state index contributed by atoms with van der Waals surface area (Å²) in [6, 6.07) is 0. The number of halogens is 1. The smallest absolute Gasteiger partial charge is 1.00 e. The van der Waals surface area contributed by atoms with E-state index >= 15 is 0 Å². The Labute approximate surface area is 94.3 Å². The standard InChI is InChI=1S/C4H10ClO4P.Na.H/c5-3-1-2-4-9-10(6,7)8;;/h1-4H2,(H2,6,7,8);;/q;+1;-1. The average molecular weight is 213 g/mol. The maximum atomic E-state index is 10.0. The maximum absolute atomic E-state index is 10.0. The molecule has 0 aliphatic carbocycles. The van der Waals surface area contributed by atoms with E-state index in [0.29, 0.717) is 18.7 Å². The Morgan fingerprint density at radius 1 is 1.45 bits per heavy atom. The van der Waals surface area contributed by atoms with Gasteiger partial charge in [0.25, 0.3) is 0 Å². The summed E-state index contributed by atoms with van der Waals surface area (Å²) in [5, 5.41) is 0. The molecule has 0 spiro atoms. The normalized spacial score (nSPS) is 10.8. The van der Waals surface area contributed by atoms with Gasteiger partial charge in [0.05, 0.1) is 6.61 Å². The number of alkyl halides is 1. The summed E-state index contributed by atoms with van der Waals surface area (Å²) in [4.78, 5) is 16.3. The van der Waals surface area contributed by atoms with Gasteiger partial charge in [-0.2, -0.15) is 0 Å². The number of hydrogen-bond donors (Lipinski definition) is 2. The van der Waals surface area contributed by atoms with Crippen LogP contribution in [0.1, 0.15) is 14.3 Å². The molecule has 0 amide bonds. The first kappa shape index (κ1) is 14.9. The first-order chi connectivity index (χ1) is 4.56. The summed E-state index contributed by atoms with van der Waals surface area (Å²) in [5.74, 6) is 0.491. The van der Waals surface area contributed by atoms with E-state index in [-0.39, 0.29) is 37.6 Å². The fraction of sp³-hybridized carbons (Fsp3) is 1.00. The van der Waals surface area contributed by atoms with E-state index in [1.54, 1.807) is 0 Å². The van der Waals surface area contributed by atoms with E-state index in [9.17, 15) is 4.57 Å². The van der Waals surface area contributed by atoms with E-state index in [0.717, 1.165) is 0 Å². The predicted molar refractivity (Wildman–Crippen MR) is 39.1 cm³/mol. The van der Waals surface area contributed by atoms with Gasteiger partial charge in [-0.15, -0.1) is 11.6 Å². The summed E-state index contributed by atoms with van der Waals surface area (Å²) in [5.41, 5.74) is 0. The summed E-state index contributed by atoms with van der Waals surface area (Å²) in [7, 11) is -4.25. The molecule has 0 unspecified atom stereocenters. The van der Waals surface area contributed by atoms with Crippen LogP contribution in [0, 0.1) is 0 Å². The molecule has 0 fully saturated rings. The molecule has 0 bridgehead atoms. The molecule has 0 aromatic rings. The van der Waals surface area contributed by atoms with Crippen LogP contribution in [0.15, 0.2) is 0 Å². The molecule has 2 N–H and O–H groups in total. The van der Waals surface area contributed by atoms with Crippen molar-refractivity contribution in [1.29, 1.82) is 0 Å². The summed E-state index contributed by atoms with van der Waals surface area (Å²) in [6.45, 7) is 0.0665. The second-order valence-electron chi connectivity index (χ2n) is 1.72. The van der Waals surface area contributed by atoms with Gasteiger partial charge in [-0.05, 0) is 12.8 Å². The second-order valence-corrected chi connectivity index (χ2v) is 3.34. The zero-order chi connectivity index (χ0) is 8.04. The number of phosphoric acid groups is 1. The van der Waals surface area contributed by atoms with Crippen LogP contribution in [-0.2, 0) is 9.09 Å². The van der Waals surface area contributed by atoms with Gasteiger partial charge in [-0.25, -0.2) is 4.57 Å². The molecule has 0 heterocycles. The molecule has 0 atom stereocenters. The van der Waals surface area contributed by atoms with Crippen molar-refractivity contribution in [2.45, 2.75) is 12.8 Å². The molecular formula is C4H11ClNaO4P. The summed E-state index contributed by atoms with van der Waals surface area (Å²) < 4.78 is 14.2. The Balaban J connectivity index is -0.000000405. The fourth-order valence-electron chi connectivity index (χ4n) is 0.380. The molecule has 0 radical (unpaired) electrons. The predicted octanol–water partition coefficient (Wildman–Crippen LogP) is -1.77. The molecule has 0 saturated heterocycles. The van der Waals surface area contributed by atoms with Gasteiger partial charge in [-0.3, -0.25) is 4.52 Å². The number of rotatable bonds is 5. The number of unbranched alkanes of at least 4 members (excludes halogenated alkanes) is 1. The van der Waals surface area contributed by atoms with Crippen LogP contribution in [0.25, 0.3) is 0 Å². The fourth-order valence-corrected chi connectivity index (χ4v) is 0.936. The molecule has 11 heavy (non-hydrogen) atoms. The van der Waals surface area contributed by atoms with Gasteiger partial charge in [-0.1, -0.05) is 0 Å². The first-order valence-corrected chi connectivity index (χ1v) is 4.89. The van der Waals surface area contributed by atoms with Gasteiger partial charge in [0.1, 0.15) is 0 Å². The third-order valence-electron chi connectivity index (χ3n) is 0.787. The van der Waals surface area contributed by atoms with E-state index in [1.165, 1.54) is 0 Å². The van der Waals surface area contributed by atoms with Crippen LogP contribution in [0.2, 0.25) is 0 Å². The minimum absolute atomic E-state index is 0. The van der Waals surface area contributed by atoms with Crippen molar-refractivity contribution in [3.8, 4) is 0 Å². The van der Waals surface area contributed by atoms with Crippen molar-refractivity contribution < 1.29 is 49.9 Å². The Morgan fingerprint density at radius 2 is 2.00 bits per heavy atom. The summed E-state index contributed by atoms with van der Waals surface area (Å²) in [6.07, 6.45) is 1.29. The van der Waals surface area contributed by atoms with Crippen LogP contribution in [0.3, 0.4) is 0 Å². The molecule has 0 aromatic carbocycles. The SMILES string of the molecule is O=P(O)(O)OCCCCCl.[H-].[Na+]. The molecule has 0 aliphatic heterocycles. The Morgan fingerprint density at radius 3 is 2.36 bits per heavy atom. The van der Waals surface area contributed by atoms with Crippen molar-refractivity contribution in [2.75, 3.05) is 12.5 Å². The Hall–Kier alpha value is 1.40.